The van der Waals surface area contributed by atoms with Crippen LogP contribution in [0.25, 0.3) is 0 Å². The topological polar surface area (TPSA) is 66.9 Å². The summed E-state index contributed by atoms with van der Waals surface area (Å²) in [6.07, 6.45) is 2.54. The van der Waals surface area contributed by atoms with Gasteiger partial charge in [0.2, 0.25) is 0 Å². The van der Waals surface area contributed by atoms with Crippen molar-refractivity contribution in [1.82, 2.24) is 20.2 Å². The van der Waals surface area contributed by atoms with E-state index in [4.69, 9.17) is 0 Å². The summed E-state index contributed by atoms with van der Waals surface area (Å²) in [4.78, 5) is 11.3. The molecule has 1 amide bonds. The second-order valence-electron chi connectivity index (χ2n) is 3.27. The molecule has 0 saturated heterocycles. The molecular weight excluding hydrogens is 200 g/mol. The summed E-state index contributed by atoms with van der Waals surface area (Å²) in [5.74, 6) is -0.142. The summed E-state index contributed by atoms with van der Waals surface area (Å²) >= 11 is 1.18. The van der Waals surface area contributed by atoms with Gasteiger partial charge in [0.15, 0.2) is 5.69 Å². The number of hydrogen-bond acceptors (Lipinski definition) is 5. The summed E-state index contributed by atoms with van der Waals surface area (Å²) in [5.41, 5.74) is 0.404. The van der Waals surface area contributed by atoms with Crippen molar-refractivity contribution in [1.29, 1.82) is 0 Å². The van der Waals surface area contributed by atoms with Crippen molar-refractivity contribution >= 4 is 17.4 Å². The highest BCUT2D eigenvalue weighted by molar-refractivity contribution is 7.03. The Bertz CT molecular complexity index is 296. The van der Waals surface area contributed by atoms with Crippen LogP contribution in [0.4, 0.5) is 0 Å². The Hall–Kier alpha value is -1.01. The van der Waals surface area contributed by atoms with Gasteiger partial charge in [-0.1, -0.05) is 4.49 Å². The van der Waals surface area contributed by atoms with Crippen LogP contribution in [0.2, 0.25) is 0 Å². The van der Waals surface area contributed by atoms with Crippen LogP contribution >= 0.6 is 11.5 Å². The highest BCUT2D eigenvalue weighted by Crippen LogP contribution is 2.17. The Morgan fingerprint density at radius 2 is 2.43 bits per heavy atom. The van der Waals surface area contributed by atoms with Crippen molar-refractivity contribution in [2.45, 2.75) is 18.9 Å². The van der Waals surface area contributed by atoms with Crippen molar-refractivity contribution in [2.75, 3.05) is 13.1 Å². The highest BCUT2D eigenvalue weighted by atomic mass is 32.1. The first-order valence-electron chi connectivity index (χ1n) is 4.65. The Balaban J connectivity index is 1.62. The Morgan fingerprint density at radius 1 is 1.57 bits per heavy atom. The van der Waals surface area contributed by atoms with Crippen molar-refractivity contribution in [2.24, 2.45) is 0 Å². The maximum Gasteiger partial charge on any atom is 0.272 e. The van der Waals surface area contributed by atoms with Gasteiger partial charge in [0.1, 0.15) is 0 Å². The quantitative estimate of drug-likeness (QED) is 0.675. The molecule has 1 aromatic heterocycles. The lowest BCUT2D eigenvalue weighted by Gasteiger charge is -2.03. The van der Waals surface area contributed by atoms with Crippen molar-refractivity contribution < 1.29 is 4.79 Å². The van der Waals surface area contributed by atoms with Crippen LogP contribution in [0.15, 0.2) is 5.38 Å². The Morgan fingerprint density at radius 3 is 3.07 bits per heavy atom. The number of amides is 1. The molecule has 1 aliphatic rings. The third-order valence-corrected chi connectivity index (χ3v) is 2.52. The number of aromatic nitrogens is 2. The molecule has 1 saturated carbocycles. The largest absolute Gasteiger partial charge is 0.349 e. The molecule has 1 fully saturated rings. The minimum atomic E-state index is -0.142. The number of carbonyl (C=O) groups is 1. The van der Waals surface area contributed by atoms with Gasteiger partial charge in [0.05, 0.1) is 0 Å². The summed E-state index contributed by atoms with van der Waals surface area (Å²) < 4.78 is 3.62. The van der Waals surface area contributed by atoms with E-state index in [-0.39, 0.29) is 5.91 Å². The lowest BCUT2D eigenvalue weighted by Crippen LogP contribution is -2.32. The molecule has 1 aliphatic carbocycles. The lowest BCUT2D eigenvalue weighted by molar-refractivity contribution is 0.0949. The van der Waals surface area contributed by atoms with Crippen molar-refractivity contribution in [3.8, 4) is 0 Å². The van der Waals surface area contributed by atoms with Gasteiger partial charge < -0.3 is 10.6 Å². The fraction of sp³-hybridized carbons (Fsp3) is 0.625. The predicted octanol–water partition coefficient (Wildman–Crippen LogP) is 0.0199. The molecule has 6 heteroatoms. The van der Waals surface area contributed by atoms with Gasteiger partial charge in [-0.15, -0.1) is 5.10 Å². The Kier molecular flexibility index (Phi) is 3.05. The van der Waals surface area contributed by atoms with Crippen LogP contribution < -0.4 is 10.6 Å². The third kappa shape index (κ3) is 2.74. The van der Waals surface area contributed by atoms with Crippen LogP contribution in [0.3, 0.4) is 0 Å². The van der Waals surface area contributed by atoms with E-state index in [1.54, 1.807) is 5.38 Å². The molecule has 0 spiro atoms. The Labute approximate surface area is 86.1 Å². The van der Waals surface area contributed by atoms with Gasteiger partial charge in [-0.2, -0.15) is 0 Å². The minimum absolute atomic E-state index is 0.142. The average molecular weight is 212 g/mol. The van der Waals surface area contributed by atoms with Crippen molar-refractivity contribution in [3.63, 3.8) is 0 Å². The van der Waals surface area contributed by atoms with Gasteiger partial charge in [0.25, 0.3) is 5.91 Å². The summed E-state index contributed by atoms with van der Waals surface area (Å²) in [6, 6.07) is 0.688. The number of nitrogens with one attached hydrogen (secondary N) is 2. The highest BCUT2D eigenvalue weighted by Gasteiger charge is 2.19. The zero-order chi connectivity index (χ0) is 9.80. The molecule has 14 heavy (non-hydrogen) atoms. The standard InChI is InChI=1S/C8H12N4OS/c13-8(7-5-14-12-11-7)10-4-3-9-6-1-2-6/h5-6,9H,1-4H2,(H,10,13). The van der Waals surface area contributed by atoms with Gasteiger partial charge in [-0.3, -0.25) is 4.79 Å². The fourth-order valence-corrected chi connectivity index (χ4v) is 1.53. The van der Waals surface area contributed by atoms with Gasteiger partial charge in [-0.25, -0.2) is 0 Å². The molecule has 0 aliphatic heterocycles. The number of carbonyl (C=O) groups excluding carboxylic acids is 1. The number of hydrogen-bond donors (Lipinski definition) is 2. The van der Waals surface area contributed by atoms with E-state index in [0.717, 1.165) is 6.54 Å². The maximum atomic E-state index is 11.3. The maximum absolute atomic E-state index is 11.3. The molecule has 0 radical (unpaired) electrons. The van der Waals surface area contributed by atoms with Crippen LogP contribution in [0.1, 0.15) is 23.3 Å². The predicted molar refractivity (Wildman–Crippen MR) is 53.3 cm³/mol. The summed E-state index contributed by atoms with van der Waals surface area (Å²) in [7, 11) is 0. The normalized spacial score (nSPS) is 15.4. The molecule has 0 atom stereocenters. The molecule has 0 aromatic carbocycles. The first kappa shape index (κ1) is 9.54. The van der Waals surface area contributed by atoms with Crippen LogP contribution in [0, 0.1) is 0 Å². The van der Waals surface area contributed by atoms with E-state index in [1.807, 2.05) is 0 Å². The van der Waals surface area contributed by atoms with E-state index in [9.17, 15) is 4.79 Å². The van der Waals surface area contributed by atoms with E-state index in [0.29, 0.717) is 18.3 Å². The van der Waals surface area contributed by atoms with Gasteiger partial charge >= 0.3 is 0 Å². The second-order valence-corrected chi connectivity index (χ2v) is 3.88. The first-order chi connectivity index (χ1) is 6.86. The fourth-order valence-electron chi connectivity index (χ4n) is 1.09. The van der Waals surface area contributed by atoms with E-state index >= 15 is 0 Å². The van der Waals surface area contributed by atoms with Crippen LogP contribution in [0.5, 0.6) is 0 Å². The first-order valence-corrected chi connectivity index (χ1v) is 5.48. The molecule has 76 valence electrons. The minimum Gasteiger partial charge on any atom is -0.349 e. The van der Waals surface area contributed by atoms with Gasteiger partial charge in [-0.05, 0) is 24.4 Å². The summed E-state index contributed by atoms with van der Waals surface area (Å²) in [6.45, 7) is 1.47. The summed E-state index contributed by atoms with van der Waals surface area (Å²) in [5, 5.41) is 11.4. The van der Waals surface area contributed by atoms with E-state index < -0.39 is 0 Å². The molecule has 1 aromatic rings. The van der Waals surface area contributed by atoms with Crippen LogP contribution in [-0.2, 0) is 0 Å². The van der Waals surface area contributed by atoms with Gasteiger partial charge in [0, 0.05) is 24.5 Å². The molecule has 2 rings (SSSR count). The lowest BCUT2D eigenvalue weighted by atomic mass is 10.4. The van der Waals surface area contributed by atoms with E-state index in [1.165, 1.54) is 24.4 Å². The monoisotopic (exact) mass is 212 g/mol. The molecule has 2 N–H and O–H groups in total. The second kappa shape index (κ2) is 4.47. The number of rotatable bonds is 5. The SMILES string of the molecule is O=C(NCCNC1CC1)c1csnn1. The van der Waals surface area contributed by atoms with Crippen LogP contribution in [-0.4, -0.2) is 34.6 Å². The smallest absolute Gasteiger partial charge is 0.272 e. The molecule has 1 heterocycles. The zero-order valence-electron chi connectivity index (χ0n) is 7.69. The molecular formula is C8H12N4OS. The molecule has 5 nitrogen and oxygen atoms in total. The van der Waals surface area contributed by atoms with Crippen molar-refractivity contribution in [3.05, 3.63) is 11.1 Å². The number of nitrogens with zero attached hydrogens (tertiary/aromatic N) is 2. The zero-order valence-corrected chi connectivity index (χ0v) is 8.51. The third-order valence-electron chi connectivity index (χ3n) is 2.01. The molecule has 0 unspecified atom stereocenters. The van der Waals surface area contributed by atoms with E-state index in [2.05, 4.69) is 20.2 Å². The molecule has 0 bridgehead atoms. The average Bonchev–Trinajstić information content (AvgIpc) is 2.84.